The highest BCUT2D eigenvalue weighted by Gasteiger charge is 2.16. The van der Waals surface area contributed by atoms with Crippen molar-refractivity contribution in [2.45, 2.75) is 74.4 Å². The Labute approximate surface area is 169 Å². The number of rotatable bonds is 13. The minimum atomic E-state index is -0.389. The first kappa shape index (κ1) is 22.4. The fourth-order valence-corrected chi connectivity index (χ4v) is 3.73. The van der Waals surface area contributed by atoms with Gasteiger partial charge in [-0.2, -0.15) is 0 Å². The van der Waals surface area contributed by atoms with Crippen LogP contribution in [0.1, 0.15) is 76.2 Å². The lowest BCUT2D eigenvalue weighted by Gasteiger charge is -2.19. The van der Waals surface area contributed by atoms with Crippen LogP contribution in [0.5, 0.6) is 5.75 Å². The SMILES string of the molecule is C=CC(=O)Oc1ccccc1C(CCC)CCCCCCCC(Br)Br. The molecule has 1 aromatic rings. The summed E-state index contributed by atoms with van der Waals surface area (Å²) in [5.41, 5.74) is 1.15. The summed E-state index contributed by atoms with van der Waals surface area (Å²) >= 11 is 7.05. The highest BCUT2D eigenvalue weighted by molar-refractivity contribution is 9.24. The second-order valence-electron chi connectivity index (χ2n) is 6.38. The van der Waals surface area contributed by atoms with Gasteiger partial charge in [0.25, 0.3) is 0 Å². The van der Waals surface area contributed by atoms with Crippen LogP contribution in [0.15, 0.2) is 36.9 Å². The van der Waals surface area contributed by atoms with Gasteiger partial charge < -0.3 is 4.74 Å². The first-order valence-electron chi connectivity index (χ1n) is 9.29. The molecule has 0 fully saturated rings. The lowest BCUT2D eigenvalue weighted by molar-refractivity contribution is -0.129. The Balaban J connectivity index is 2.53. The number of benzene rings is 1. The van der Waals surface area contributed by atoms with Crippen molar-refractivity contribution < 1.29 is 9.53 Å². The van der Waals surface area contributed by atoms with Crippen molar-refractivity contribution in [1.82, 2.24) is 0 Å². The summed E-state index contributed by atoms with van der Waals surface area (Å²) in [7, 11) is 0. The molecule has 25 heavy (non-hydrogen) atoms. The molecule has 1 unspecified atom stereocenters. The molecule has 0 saturated heterocycles. The van der Waals surface area contributed by atoms with Gasteiger partial charge in [-0.1, -0.05) is 102 Å². The molecule has 140 valence electrons. The summed E-state index contributed by atoms with van der Waals surface area (Å²) in [6.07, 6.45) is 12.1. The Hall–Kier alpha value is -0.610. The maximum atomic E-state index is 11.6. The van der Waals surface area contributed by atoms with Crippen LogP contribution in [0.4, 0.5) is 0 Å². The molecule has 0 heterocycles. The summed E-state index contributed by atoms with van der Waals surface area (Å²) in [4.78, 5) is 11.6. The zero-order valence-electron chi connectivity index (χ0n) is 15.2. The third-order valence-electron chi connectivity index (χ3n) is 4.35. The van der Waals surface area contributed by atoms with Gasteiger partial charge in [-0.3, -0.25) is 0 Å². The standard InChI is InChI=1S/C21H30Br2O2/c1-3-12-17(13-8-6-5-7-9-16-20(22)23)18-14-10-11-15-19(18)25-21(24)4-2/h4,10-11,14-15,17,20H,2-3,5-9,12-13,16H2,1H3. The number of alkyl halides is 2. The normalized spacial score (nSPS) is 12.2. The topological polar surface area (TPSA) is 26.3 Å². The monoisotopic (exact) mass is 472 g/mol. The van der Waals surface area contributed by atoms with Crippen LogP contribution in [0.2, 0.25) is 0 Å². The first-order valence-corrected chi connectivity index (χ1v) is 11.1. The highest BCUT2D eigenvalue weighted by atomic mass is 79.9. The van der Waals surface area contributed by atoms with Gasteiger partial charge in [0.2, 0.25) is 0 Å². The van der Waals surface area contributed by atoms with Crippen LogP contribution >= 0.6 is 31.9 Å². The molecule has 2 nitrogen and oxygen atoms in total. The fraction of sp³-hybridized carbons (Fsp3) is 0.571. The molecule has 0 radical (unpaired) electrons. The van der Waals surface area contributed by atoms with E-state index in [1.54, 1.807) is 0 Å². The molecule has 0 aliphatic rings. The molecule has 0 N–H and O–H groups in total. The van der Waals surface area contributed by atoms with Gasteiger partial charge in [-0.05, 0) is 36.8 Å². The average molecular weight is 474 g/mol. The number of ether oxygens (including phenoxy) is 1. The van der Waals surface area contributed by atoms with Gasteiger partial charge in [0.1, 0.15) is 5.75 Å². The van der Waals surface area contributed by atoms with E-state index in [9.17, 15) is 4.79 Å². The first-order chi connectivity index (χ1) is 12.1. The molecule has 1 aromatic carbocycles. The Bertz CT molecular complexity index is 514. The number of esters is 1. The second kappa shape index (κ2) is 13.6. The molecule has 0 aromatic heterocycles. The zero-order valence-corrected chi connectivity index (χ0v) is 18.4. The molecular weight excluding hydrogens is 444 g/mol. The summed E-state index contributed by atoms with van der Waals surface area (Å²) in [6.45, 7) is 5.69. The van der Waals surface area contributed by atoms with Crippen molar-refractivity contribution in [2.75, 3.05) is 0 Å². The Kier molecular flexibility index (Phi) is 12.2. The minimum absolute atomic E-state index is 0.389. The number of hydrogen-bond acceptors (Lipinski definition) is 2. The predicted octanol–water partition coefficient (Wildman–Crippen LogP) is 7.51. The van der Waals surface area contributed by atoms with E-state index >= 15 is 0 Å². The molecule has 0 bridgehead atoms. The summed E-state index contributed by atoms with van der Waals surface area (Å²) in [5.74, 6) is 0.749. The zero-order chi connectivity index (χ0) is 18.5. The maximum absolute atomic E-state index is 11.6. The average Bonchev–Trinajstić information content (AvgIpc) is 2.60. The number of carbonyl (C=O) groups excluding carboxylic acids is 1. The summed E-state index contributed by atoms with van der Waals surface area (Å²) in [6, 6.07) is 7.92. The van der Waals surface area contributed by atoms with Crippen LogP contribution in [-0.4, -0.2) is 9.71 Å². The van der Waals surface area contributed by atoms with Gasteiger partial charge in [0.15, 0.2) is 0 Å². The number of para-hydroxylation sites is 1. The molecule has 0 spiro atoms. The summed E-state index contributed by atoms with van der Waals surface area (Å²) in [5, 5.41) is 0. The van der Waals surface area contributed by atoms with Crippen LogP contribution in [0.25, 0.3) is 0 Å². The van der Waals surface area contributed by atoms with Gasteiger partial charge in [-0.15, -0.1) is 0 Å². The lowest BCUT2D eigenvalue weighted by Crippen LogP contribution is -2.08. The third kappa shape index (κ3) is 9.60. The number of unbranched alkanes of at least 4 members (excludes halogenated alkanes) is 4. The van der Waals surface area contributed by atoms with Crippen molar-refractivity contribution in [2.24, 2.45) is 0 Å². The van der Waals surface area contributed by atoms with E-state index in [4.69, 9.17) is 4.74 Å². The van der Waals surface area contributed by atoms with E-state index in [2.05, 4.69) is 51.4 Å². The molecule has 1 rings (SSSR count). The molecule has 0 saturated carbocycles. The fourth-order valence-electron chi connectivity index (χ4n) is 3.08. The Morgan fingerprint density at radius 1 is 1.08 bits per heavy atom. The molecule has 4 heteroatoms. The van der Waals surface area contributed by atoms with Gasteiger partial charge in [0, 0.05) is 6.08 Å². The van der Waals surface area contributed by atoms with Crippen molar-refractivity contribution >= 4 is 37.8 Å². The number of carbonyl (C=O) groups is 1. The largest absolute Gasteiger partial charge is 0.423 e. The third-order valence-corrected chi connectivity index (χ3v) is 5.26. The van der Waals surface area contributed by atoms with Crippen LogP contribution in [0, 0.1) is 0 Å². The lowest BCUT2D eigenvalue weighted by atomic mass is 9.88. The van der Waals surface area contributed by atoms with Gasteiger partial charge in [0.05, 0.1) is 3.74 Å². The van der Waals surface area contributed by atoms with Crippen LogP contribution in [-0.2, 0) is 4.79 Å². The Morgan fingerprint density at radius 2 is 1.72 bits per heavy atom. The van der Waals surface area contributed by atoms with Crippen LogP contribution in [0.3, 0.4) is 0 Å². The van der Waals surface area contributed by atoms with Crippen molar-refractivity contribution in [3.05, 3.63) is 42.5 Å². The minimum Gasteiger partial charge on any atom is -0.423 e. The van der Waals surface area contributed by atoms with Crippen LogP contribution < -0.4 is 4.74 Å². The quantitative estimate of drug-likeness (QED) is 0.0973. The van der Waals surface area contributed by atoms with Crippen molar-refractivity contribution in [1.29, 1.82) is 0 Å². The van der Waals surface area contributed by atoms with Gasteiger partial charge in [-0.25, -0.2) is 4.79 Å². The van der Waals surface area contributed by atoms with E-state index in [0.717, 1.165) is 24.8 Å². The second-order valence-corrected chi connectivity index (χ2v) is 9.82. The number of halogens is 2. The highest BCUT2D eigenvalue weighted by Crippen LogP contribution is 2.34. The maximum Gasteiger partial charge on any atom is 0.335 e. The molecule has 1 atom stereocenters. The van der Waals surface area contributed by atoms with E-state index in [1.165, 1.54) is 44.6 Å². The molecule has 0 aliphatic heterocycles. The van der Waals surface area contributed by atoms with Crippen molar-refractivity contribution in [3.8, 4) is 5.75 Å². The molecule has 0 amide bonds. The molecule has 0 aliphatic carbocycles. The van der Waals surface area contributed by atoms with Gasteiger partial charge >= 0.3 is 5.97 Å². The predicted molar refractivity (Wildman–Crippen MR) is 114 cm³/mol. The molecular formula is C21H30Br2O2. The van der Waals surface area contributed by atoms with E-state index < -0.39 is 0 Å². The van der Waals surface area contributed by atoms with Crippen molar-refractivity contribution in [3.63, 3.8) is 0 Å². The smallest absolute Gasteiger partial charge is 0.335 e. The number of hydrogen-bond donors (Lipinski definition) is 0. The Morgan fingerprint density at radius 3 is 2.36 bits per heavy atom. The summed E-state index contributed by atoms with van der Waals surface area (Å²) < 4.78 is 5.89. The van der Waals surface area contributed by atoms with E-state index in [1.807, 2.05) is 18.2 Å². The van der Waals surface area contributed by atoms with E-state index in [-0.39, 0.29) is 5.97 Å². The van der Waals surface area contributed by atoms with E-state index in [0.29, 0.717) is 15.4 Å².